The van der Waals surface area contributed by atoms with Crippen LogP contribution in [0.4, 0.5) is 10.1 Å². The second kappa shape index (κ2) is 11.1. The number of hydrogen-bond donors (Lipinski definition) is 0. The lowest BCUT2D eigenvalue weighted by Crippen LogP contribution is -2.56. The molecule has 33 heavy (non-hydrogen) atoms. The number of Topliss-reactive ketones (excluding diaryl/α,β-unsaturated/α-hetero) is 1. The molecule has 0 unspecified atom stereocenters. The zero-order chi connectivity index (χ0) is 22.6. The van der Waals surface area contributed by atoms with Crippen LogP contribution in [0.15, 0.2) is 54.6 Å². The third kappa shape index (κ3) is 5.39. The number of anilines is 1. The van der Waals surface area contributed by atoms with Crippen molar-refractivity contribution >= 4 is 29.8 Å². The summed E-state index contributed by atoms with van der Waals surface area (Å²) >= 11 is 0. The van der Waals surface area contributed by atoms with Crippen LogP contribution >= 0.6 is 12.4 Å². The fraction of sp³-hybridized carbons (Fsp3) is 0.462. The number of para-hydroxylation sites is 1. The molecule has 7 heteroatoms. The van der Waals surface area contributed by atoms with Gasteiger partial charge in [0.15, 0.2) is 5.78 Å². The average molecular weight is 474 g/mol. The highest BCUT2D eigenvalue weighted by molar-refractivity contribution is 5.96. The summed E-state index contributed by atoms with van der Waals surface area (Å²) < 4.78 is 13.1. The Morgan fingerprint density at radius 1 is 1.00 bits per heavy atom. The van der Waals surface area contributed by atoms with Crippen LogP contribution in [0.2, 0.25) is 0 Å². The molecule has 2 aliphatic heterocycles. The number of rotatable bonds is 8. The smallest absolute Gasteiger partial charge is 0.250 e. The Kier molecular flexibility index (Phi) is 8.49. The molecule has 2 aromatic carbocycles. The SMILES string of the molecule is CCCN1CN(c2ccccc2)C2(CCN(CCCC(=O)c3ccc(F)cc3)CC2)C1=O.Cl. The highest BCUT2D eigenvalue weighted by atomic mass is 35.5. The molecule has 2 aliphatic rings. The van der Waals surface area contributed by atoms with E-state index in [0.29, 0.717) is 18.7 Å². The van der Waals surface area contributed by atoms with Gasteiger partial charge in [-0.25, -0.2) is 4.39 Å². The van der Waals surface area contributed by atoms with E-state index in [-0.39, 0.29) is 29.9 Å². The summed E-state index contributed by atoms with van der Waals surface area (Å²) in [6.45, 7) is 6.09. The molecular formula is C26H33ClFN3O2. The molecule has 2 saturated heterocycles. The number of ketones is 1. The molecule has 2 fully saturated rings. The third-order valence-electron chi connectivity index (χ3n) is 6.80. The number of hydrogen-bond acceptors (Lipinski definition) is 4. The highest BCUT2D eigenvalue weighted by Crippen LogP contribution is 2.39. The topological polar surface area (TPSA) is 43.9 Å². The van der Waals surface area contributed by atoms with E-state index in [2.05, 4.69) is 28.9 Å². The molecule has 2 heterocycles. The van der Waals surface area contributed by atoms with E-state index in [9.17, 15) is 14.0 Å². The first-order chi connectivity index (χ1) is 15.5. The maximum atomic E-state index is 13.4. The standard InChI is InChI=1S/C26H32FN3O2.ClH/c1-2-16-29-20-30(23-7-4-3-5-8-23)26(25(29)32)14-18-28(19-15-26)17-6-9-24(31)21-10-12-22(27)13-11-21;/h3-5,7-8,10-13H,2,6,9,14-20H2,1H3;1H. The molecule has 0 aromatic heterocycles. The van der Waals surface area contributed by atoms with Crippen molar-refractivity contribution in [2.45, 2.75) is 44.6 Å². The van der Waals surface area contributed by atoms with Gasteiger partial charge in [-0.2, -0.15) is 0 Å². The van der Waals surface area contributed by atoms with E-state index in [1.807, 2.05) is 23.1 Å². The quantitative estimate of drug-likeness (QED) is 0.518. The number of carbonyl (C=O) groups excluding carboxylic acids is 2. The van der Waals surface area contributed by atoms with Crippen molar-refractivity contribution in [2.75, 3.05) is 37.7 Å². The monoisotopic (exact) mass is 473 g/mol. The van der Waals surface area contributed by atoms with Gasteiger partial charge in [0.05, 0.1) is 6.67 Å². The molecule has 0 N–H and O–H groups in total. The second-order valence-corrected chi connectivity index (χ2v) is 8.88. The van der Waals surface area contributed by atoms with E-state index in [0.717, 1.165) is 57.5 Å². The molecule has 178 valence electrons. The van der Waals surface area contributed by atoms with Crippen LogP contribution in [0.1, 0.15) is 49.4 Å². The van der Waals surface area contributed by atoms with Crippen molar-refractivity contribution in [2.24, 2.45) is 0 Å². The molecule has 0 atom stereocenters. The number of amides is 1. The second-order valence-electron chi connectivity index (χ2n) is 8.88. The number of benzene rings is 2. The zero-order valence-corrected chi connectivity index (χ0v) is 20.0. The normalized spacial score (nSPS) is 17.9. The van der Waals surface area contributed by atoms with Gasteiger partial charge in [0, 0.05) is 37.3 Å². The number of nitrogens with zero attached hydrogens (tertiary/aromatic N) is 3. The van der Waals surface area contributed by atoms with Gasteiger partial charge < -0.3 is 14.7 Å². The molecule has 5 nitrogen and oxygen atoms in total. The summed E-state index contributed by atoms with van der Waals surface area (Å²) in [5, 5.41) is 0. The summed E-state index contributed by atoms with van der Waals surface area (Å²) in [6, 6.07) is 16.0. The number of piperidine rings is 1. The minimum atomic E-state index is -0.461. The van der Waals surface area contributed by atoms with E-state index in [1.165, 1.54) is 12.1 Å². The Balaban J connectivity index is 0.00000306. The predicted octanol–water partition coefficient (Wildman–Crippen LogP) is 4.76. The summed E-state index contributed by atoms with van der Waals surface area (Å²) in [6.07, 6.45) is 3.77. The number of carbonyl (C=O) groups is 2. The van der Waals surface area contributed by atoms with E-state index < -0.39 is 5.54 Å². The lowest BCUT2D eigenvalue weighted by molar-refractivity contribution is -0.133. The molecule has 0 bridgehead atoms. The third-order valence-corrected chi connectivity index (χ3v) is 6.80. The van der Waals surface area contributed by atoms with Crippen LogP contribution in [0, 0.1) is 5.82 Å². The lowest BCUT2D eigenvalue weighted by atomic mass is 9.85. The number of halogens is 2. The van der Waals surface area contributed by atoms with Crippen molar-refractivity contribution in [3.63, 3.8) is 0 Å². The van der Waals surface area contributed by atoms with Crippen LogP contribution in [-0.4, -0.2) is 59.9 Å². The predicted molar refractivity (Wildman–Crippen MR) is 131 cm³/mol. The van der Waals surface area contributed by atoms with Gasteiger partial charge in [-0.1, -0.05) is 25.1 Å². The Labute approximate surface area is 202 Å². The summed E-state index contributed by atoms with van der Waals surface area (Å²) in [4.78, 5) is 32.5. The molecule has 1 spiro atoms. The largest absolute Gasteiger partial charge is 0.339 e. The molecule has 2 aromatic rings. The first-order valence-electron chi connectivity index (χ1n) is 11.7. The van der Waals surface area contributed by atoms with Crippen molar-refractivity contribution in [3.8, 4) is 0 Å². The highest BCUT2D eigenvalue weighted by Gasteiger charge is 2.53. The molecule has 0 radical (unpaired) electrons. The average Bonchev–Trinajstić information content (AvgIpc) is 3.08. The maximum Gasteiger partial charge on any atom is 0.250 e. The van der Waals surface area contributed by atoms with Gasteiger partial charge in [0.2, 0.25) is 5.91 Å². The minimum absolute atomic E-state index is 0. The Bertz CT molecular complexity index is 930. The van der Waals surface area contributed by atoms with Gasteiger partial charge >= 0.3 is 0 Å². The van der Waals surface area contributed by atoms with Crippen molar-refractivity contribution in [3.05, 3.63) is 66.0 Å². The van der Waals surface area contributed by atoms with Crippen LogP contribution in [0.3, 0.4) is 0 Å². The molecule has 0 saturated carbocycles. The first-order valence-corrected chi connectivity index (χ1v) is 11.7. The fourth-order valence-electron chi connectivity index (χ4n) is 5.03. The summed E-state index contributed by atoms with van der Waals surface area (Å²) in [5.41, 5.74) is 1.21. The van der Waals surface area contributed by atoms with Crippen LogP contribution in [0.25, 0.3) is 0 Å². The van der Waals surface area contributed by atoms with Crippen LogP contribution < -0.4 is 4.90 Å². The van der Waals surface area contributed by atoms with Crippen LogP contribution in [0.5, 0.6) is 0 Å². The Morgan fingerprint density at radius 2 is 1.67 bits per heavy atom. The van der Waals surface area contributed by atoms with Gasteiger partial charge in [-0.15, -0.1) is 12.4 Å². The Hall–Kier alpha value is -2.44. The van der Waals surface area contributed by atoms with Crippen molar-refractivity contribution in [1.82, 2.24) is 9.80 Å². The summed E-state index contributed by atoms with van der Waals surface area (Å²) in [5.74, 6) is -0.0171. The number of likely N-dealkylation sites (tertiary alicyclic amines) is 1. The van der Waals surface area contributed by atoms with Gasteiger partial charge in [0.25, 0.3) is 0 Å². The maximum absolute atomic E-state index is 13.4. The molecular weight excluding hydrogens is 441 g/mol. The van der Waals surface area contributed by atoms with Crippen molar-refractivity contribution in [1.29, 1.82) is 0 Å². The van der Waals surface area contributed by atoms with Crippen LogP contribution in [-0.2, 0) is 4.79 Å². The first kappa shape index (κ1) is 25.2. The summed E-state index contributed by atoms with van der Waals surface area (Å²) in [7, 11) is 0. The van der Waals surface area contributed by atoms with E-state index in [4.69, 9.17) is 0 Å². The van der Waals surface area contributed by atoms with Gasteiger partial charge in [-0.05, 0) is 68.6 Å². The molecule has 1 amide bonds. The van der Waals surface area contributed by atoms with Crippen molar-refractivity contribution < 1.29 is 14.0 Å². The van der Waals surface area contributed by atoms with Gasteiger partial charge in [-0.3, -0.25) is 9.59 Å². The Morgan fingerprint density at radius 3 is 2.30 bits per heavy atom. The molecule has 0 aliphatic carbocycles. The lowest BCUT2D eigenvalue weighted by Gasteiger charge is -2.43. The fourth-order valence-corrected chi connectivity index (χ4v) is 5.03. The minimum Gasteiger partial charge on any atom is -0.339 e. The van der Waals surface area contributed by atoms with Gasteiger partial charge in [0.1, 0.15) is 11.4 Å². The van der Waals surface area contributed by atoms with E-state index >= 15 is 0 Å². The van der Waals surface area contributed by atoms with E-state index in [1.54, 1.807) is 12.1 Å². The zero-order valence-electron chi connectivity index (χ0n) is 19.2. The molecule has 4 rings (SSSR count).